The molecule has 0 heterocycles. The van der Waals surface area contributed by atoms with Gasteiger partial charge in [0.1, 0.15) is 11.6 Å². The van der Waals surface area contributed by atoms with Crippen molar-refractivity contribution in [2.75, 3.05) is 0 Å². The van der Waals surface area contributed by atoms with Crippen LogP contribution in [0.1, 0.15) is 58.3 Å². The molecule has 2 nitrogen and oxygen atoms in total. The number of hydrogen-bond donors (Lipinski definition) is 0. The lowest BCUT2D eigenvalue weighted by Crippen LogP contribution is -2.44. The van der Waals surface area contributed by atoms with Crippen LogP contribution in [0.15, 0.2) is 23.3 Å². The summed E-state index contributed by atoms with van der Waals surface area (Å²) in [7, 11) is 0. The monoisotopic (exact) mass is 284 g/mol. The summed E-state index contributed by atoms with van der Waals surface area (Å²) < 4.78 is 0. The Bertz CT molecular complexity index is 582. The first-order valence-corrected chi connectivity index (χ1v) is 8.44. The van der Waals surface area contributed by atoms with Crippen molar-refractivity contribution in [3.63, 3.8) is 0 Å². The van der Waals surface area contributed by atoms with Crippen LogP contribution in [0, 0.1) is 23.2 Å². The molecule has 4 rings (SSSR count). The Kier molecular flexibility index (Phi) is 2.83. The molecule has 4 aliphatic rings. The van der Waals surface area contributed by atoms with Crippen LogP contribution in [-0.2, 0) is 9.59 Å². The van der Waals surface area contributed by atoms with Gasteiger partial charge in [0.05, 0.1) is 0 Å². The van der Waals surface area contributed by atoms with Gasteiger partial charge in [-0.2, -0.15) is 0 Å². The number of allylic oxidation sites excluding steroid dienone is 3. The molecule has 0 spiro atoms. The summed E-state index contributed by atoms with van der Waals surface area (Å²) in [6.45, 7) is 6.57. The number of carbonyl (C=O) groups excluding carboxylic acids is 2. The van der Waals surface area contributed by atoms with Crippen molar-refractivity contribution in [2.45, 2.75) is 58.3 Å². The summed E-state index contributed by atoms with van der Waals surface area (Å²) in [5.74, 6) is 2.47. The van der Waals surface area contributed by atoms with Crippen LogP contribution in [0.3, 0.4) is 0 Å². The maximum absolute atomic E-state index is 12.4. The molecule has 0 N–H and O–H groups in total. The van der Waals surface area contributed by atoms with Gasteiger partial charge >= 0.3 is 0 Å². The van der Waals surface area contributed by atoms with Crippen LogP contribution in [-0.4, -0.2) is 11.6 Å². The van der Waals surface area contributed by atoms with Gasteiger partial charge in [-0.15, -0.1) is 0 Å². The number of ketones is 2. The lowest BCUT2D eigenvalue weighted by atomic mass is 9.53. The van der Waals surface area contributed by atoms with Crippen LogP contribution >= 0.6 is 0 Å². The van der Waals surface area contributed by atoms with E-state index in [9.17, 15) is 9.59 Å². The number of rotatable bonds is 0. The molecule has 2 saturated carbocycles. The standard InChI is InChI=1S/C19H24O2/c1-11-9-12-10-13(20)3-4-14(12)15-7-8-19(2)16(18(11)15)5-6-17(19)21/h15-16,18H,1,3-10H2,2H3/t15?,16?,18?,19-/m0/s1. The molecule has 21 heavy (non-hydrogen) atoms. The van der Waals surface area contributed by atoms with E-state index in [-0.39, 0.29) is 5.41 Å². The molecule has 0 aromatic carbocycles. The molecule has 4 atom stereocenters. The number of fused-ring (bicyclic) bond motifs is 4. The maximum atomic E-state index is 12.4. The second kappa shape index (κ2) is 4.41. The minimum absolute atomic E-state index is 0.0906. The van der Waals surface area contributed by atoms with Crippen molar-refractivity contribution in [1.29, 1.82) is 0 Å². The quantitative estimate of drug-likeness (QED) is 0.630. The zero-order chi connectivity index (χ0) is 14.8. The molecule has 0 aromatic heterocycles. The van der Waals surface area contributed by atoms with Gasteiger partial charge in [0.15, 0.2) is 0 Å². The van der Waals surface area contributed by atoms with Crippen LogP contribution < -0.4 is 0 Å². The van der Waals surface area contributed by atoms with Crippen molar-refractivity contribution < 1.29 is 9.59 Å². The van der Waals surface area contributed by atoms with Crippen LogP contribution in [0.25, 0.3) is 0 Å². The SMILES string of the molecule is C=C1CC2=C(CCC(=O)C2)C2CC[C@]3(C)C(=O)CCC3C12. The lowest BCUT2D eigenvalue weighted by molar-refractivity contribution is -0.129. The predicted molar refractivity (Wildman–Crippen MR) is 81.7 cm³/mol. The molecule has 0 bridgehead atoms. The van der Waals surface area contributed by atoms with Gasteiger partial charge in [-0.3, -0.25) is 9.59 Å². The number of carbonyl (C=O) groups is 2. The normalized spacial score (nSPS) is 42.7. The molecule has 0 radical (unpaired) electrons. The second-order valence-corrected chi connectivity index (χ2v) is 7.84. The fourth-order valence-electron chi connectivity index (χ4n) is 5.78. The smallest absolute Gasteiger partial charge is 0.139 e. The lowest BCUT2D eigenvalue weighted by Gasteiger charge is -2.50. The van der Waals surface area contributed by atoms with Crippen molar-refractivity contribution in [2.24, 2.45) is 23.2 Å². The highest BCUT2D eigenvalue weighted by Gasteiger charge is 2.55. The number of Topliss-reactive ketones (excluding diaryl/α,β-unsaturated/α-hetero) is 2. The fraction of sp³-hybridized carbons (Fsp3) is 0.684. The van der Waals surface area contributed by atoms with Crippen LogP contribution in [0.4, 0.5) is 0 Å². The van der Waals surface area contributed by atoms with E-state index in [1.165, 1.54) is 11.1 Å². The minimum Gasteiger partial charge on any atom is -0.299 e. The predicted octanol–water partition coefficient (Wildman–Crippen LogP) is 4.01. The average molecular weight is 284 g/mol. The van der Waals surface area contributed by atoms with Gasteiger partial charge in [0, 0.05) is 24.7 Å². The topological polar surface area (TPSA) is 34.1 Å². The fourth-order valence-corrected chi connectivity index (χ4v) is 5.78. The summed E-state index contributed by atoms with van der Waals surface area (Å²) in [6.07, 6.45) is 7.26. The third-order valence-electron chi connectivity index (χ3n) is 6.88. The highest BCUT2D eigenvalue weighted by Crippen LogP contribution is 2.60. The van der Waals surface area contributed by atoms with Crippen LogP contribution in [0.5, 0.6) is 0 Å². The Morgan fingerprint density at radius 1 is 1.10 bits per heavy atom. The molecule has 4 aliphatic carbocycles. The Morgan fingerprint density at radius 2 is 1.90 bits per heavy atom. The van der Waals surface area contributed by atoms with Crippen LogP contribution in [0.2, 0.25) is 0 Å². The van der Waals surface area contributed by atoms with E-state index in [0.29, 0.717) is 35.7 Å². The van der Waals surface area contributed by atoms with E-state index in [4.69, 9.17) is 0 Å². The Hall–Kier alpha value is -1.18. The zero-order valence-corrected chi connectivity index (χ0v) is 12.9. The molecular weight excluding hydrogens is 260 g/mol. The van der Waals surface area contributed by atoms with Gasteiger partial charge in [-0.1, -0.05) is 30.2 Å². The Balaban J connectivity index is 1.73. The third kappa shape index (κ3) is 1.77. The first-order chi connectivity index (χ1) is 10.0. The number of hydrogen-bond acceptors (Lipinski definition) is 2. The molecule has 2 fully saturated rings. The van der Waals surface area contributed by atoms with E-state index >= 15 is 0 Å². The summed E-state index contributed by atoms with van der Waals surface area (Å²) >= 11 is 0. The van der Waals surface area contributed by atoms with Gasteiger partial charge in [-0.05, 0) is 49.9 Å². The van der Waals surface area contributed by atoms with Gasteiger partial charge in [-0.25, -0.2) is 0 Å². The summed E-state index contributed by atoms with van der Waals surface area (Å²) in [4.78, 5) is 24.1. The molecule has 0 aromatic rings. The van der Waals surface area contributed by atoms with Gasteiger partial charge < -0.3 is 0 Å². The maximum Gasteiger partial charge on any atom is 0.139 e. The average Bonchev–Trinajstić information content (AvgIpc) is 2.74. The molecule has 0 aliphatic heterocycles. The molecule has 2 heteroatoms. The molecule has 112 valence electrons. The molecule has 0 saturated heterocycles. The highest BCUT2D eigenvalue weighted by molar-refractivity contribution is 5.87. The molecular formula is C19H24O2. The van der Waals surface area contributed by atoms with E-state index in [0.717, 1.165) is 44.9 Å². The Labute approximate surface area is 126 Å². The highest BCUT2D eigenvalue weighted by atomic mass is 16.1. The minimum atomic E-state index is -0.0906. The second-order valence-electron chi connectivity index (χ2n) is 7.84. The van der Waals surface area contributed by atoms with Gasteiger partial charge in [0.2, 0.25) is 0 Å². The van der Waals surface area contributed by atoms with Crippen molar-refractivity contribution in [3.05, 3.63) is 23.3 Å². The molecule has 0 amide bonds. The van der Waals surface area contributed by atoms with Gasteiger partial charge in [0.25, 0.3) is 0 Å². The van der Waals surface area contributed by atoms with E-state index in [1.807, 2.05) is 0 Å². The zero-order valence-electron chi connectivity index (χ0n) is 12.9. The first kappa shape index (κ1) is 13.5. The summed E-state index contributed by atoms with van der Waals surface area (Å²) in [5, 5.41) is 0. The Morgan fingerprint density at radius 3 is 2.71 bits per heavy atom. The van der Waals surface area contributed by atoms with E-state index in [2.05, 4.69) is 13.5 Å². The molecule has 3 unspecified atom stereocenters. The van der Waals surface area contributed by atoms with Crippen molar-refractivity contribution in [1.82, 2.24) is 0 Å². The largest absolute Gasteiger partial charge is 0.299 e. The first-order valence-electron chi connectivity index (χ1n) is 8.44. The van der Waals surface area contributed by atoms with E-state index < -0.39 is 0 Å². The van der Waals surface area contributed by atoms with Crippen molar-refractivity contribution >= 4 is 11.6 Å². The summed E-state index contributed by atoms with van der Waals surface area (Å²) in [6, 6.07) is 0. The third-order valence-corrected chi connectivity index (χ3v) is 6.88. The van der Waals surface area contributed by atoms with E-state index in [1.54, 1.807) is 5.57 Å². The summed E-state index contributed by atoms with van der Waals surface area (Å²) in [5.41, 5.74) is 4.17. The van der Waals surface area contributed by atoms with Crippen molar-refractivity contribution in [3.8, 4) is 0 Å².